The Labute approximate surface area is 735 Å². The molecule has 0 unspecified atom stereocenters. The first-order valence-electron chi connectivity index (χ1n) is 44.9. The van der Waals surface area contributed by atoms with E-state index in [1.807, 2.05) is 0 Å². The van der Waals surface area contributed by atoms with Crippen molar-refractivity contribution in [3.63, 3.8) is 0 Å². The SMILES string of the molecule is Cc1c(-c2cccc[n+]2C)cccc1N1C=CN(C(C)C)[C@@H]1C.Cc1c(-c2cccc[n+]2C)cccc1N1C=CN(C)[C@@H]1C.Cc1c(-c2cccc[n+]2C)cccc1N1C=CN(C2CCCC2)[C@@H]1C.Cc1c(-c2cccc[n+]2C)cccc1N1C=CN(C2CCCCC2)[C@@H]1C.Cc1cccc(C)c1N1C=CN(c2cccc(-c3cccc[n+]3C)c2C)[C@H]1C. The van der Waals surface area contributed by atoms with E-state index in [0.717, 1.165) is 0 Å². The monoisotopic (exact) mass is 1640 g/mol. The highest BCUT2D eigenvalue weighted by atomic mass is 15.4. The van der Waals surface area contributed by atoms with Crippen molar-refractivity contribution in [2.45, 2.75) is 204 Å². The molecule has 2 saturated carbocycles. The second-order valence-corrected chi connectivity index (χ2v) is 34.9. The summed E-state index contributed by atoms with van der Waals surface area (Å²) in [6.07, 6.45) is 46.7. The van der Waals surface area contributed by atoms with Gasteiger partial charge in [0.1, 0.15) is 66.1 Å². The summed E-state index contributed by atoms with van der Waals surface area (Å²) in [5.41, 5.74) is 29.6. The minimum Gasteiger partial charge on any atom is -0.359 e. The average molecular weight is 1640 g/mol. The predicted molar refractivity (Wildman–Crippen MR) is 510 cm³/mol. The lowest BCUT2D eigenvalue weighted by Crippen LogP contribution is -2.43. The Hall–Kier alpha value is -12.2. The lowest BCUT2D eigenvalue weighted by Gasteiger charge is -2.38. The minimum atomic E-state index is 0.221. The van der Waals surface area contributed by atoms with Crippen molar-refractivity contribution in [1.82, 2.24) is 19.6 Å². The number of para-hydroxylation sites is 1. The Kier molecular flexibility index (Phi) is 27.5. The van der Waals surface area contributed by atoms with Crippen molar-refractivity contribution in [2.24, 2.45) is 35.2 Å². The van der Waals surface area contributed by atoms with E-state index >= 15 is 0 Å². The molecular formula is C108H134N15+5. The van der Waals surface area contributed by atoms with Crippen molar-refractivity contribution in [2.75, 3.05) is 36.4 Å². The summed E-state index contributed by atoms with van der Waals surface area (Å²) in [7, 11) is 12.6. The van der Waals surface area contributed by atoms with E-state index < -0.39 is 0 Å². The molecule has 0 N–H and O–H groups in total. The molecule has 2 aliphatic carbocycles. The second kappa shape index (κ2) is 38.9. The highest BCUT2D eigenvalue weighted by Gasteiger charge is 2.36. The number of hydrogen-bond donors (Lipinski definition) is 0. The summed E-state index contributed by atoms with van der Waals surface area (Å²) in [6.45, 7) is 31.4. The number of rotatable bonds is 14. The average Bonchev–Trinajstić information content (AvgIpc) is 1.70. The van der Waals surface area contributed by atoms with Gasteiger partial charge in [0.25, 0.3) is 0 Å². The fraction of sp³-hybridized carbons (Fsp3) is 0.343. The van der Waals surface area contributed by atoms with E-state index in [4.69, 9.17) is 0 Å². The number of pyridine rings is 5. The molecule has 0 amide bonds. The van der Waals surface area contributed by atoms with Crippen LogP contribution in [0, 0.1) is 48.5 Å². The van der Waals surface area contributed by atoms with Crippen LogP contribution in [-0.4, -0.2) is 75.6 Å². The van der Waals surface area contributed by atoms with Crippen LogP contribution in [-0.2, 0) is 35.2 Å². The van der Waals surface area contributed by atoms with Gasteiger partial charge in [-0.15, -0.1) is 0 Å². The number of benzene rings is 6. The van der Waals surface area contributed by atoms with Crippen LogP contribution in [0.25, 0.3) is 56.3 Å². The maximum Gasteiger partial charge on any atom is 0.212 e. The van der Waals surface area contributed by atoms with Crippen molar-refractivity contribution < 1.29 is 22.8 Å². The van der Waals surface area contributed by atoms with Crippen LogP contribution in [0.4, 0.5) is 34.1 Å². The molecule has 5 atom stereocenters. The first-order valence-corrected chi connectivity index (χ1v) is 44.9. The Morgan fingerprint density at radius 1 is 0.268 bits per heavy atom. The van der Waals surface area contributed by atoms with Gasteiger partial charge in [-0.3, -0.25) is 0 Å². The predicted octanol–water partition coefficient (Wildman–Crippen LogP) is 21.3. The van der Waals surface area contributed by atoms with Gasteiger partial charge in [0.05, 0.1) is 27.8 Å². The summed E-state index contributed by atoms with van der Waals surface area (Å²) >= 11 is 0. The van der Waals surface area contributed by atoms with Crippen molar-refractivity contribution in [3.8, 4) is 56.3 Å². The number of aryl methyl sites for hydroxylation is 7. The third-order valence-corrected chi connectivity index (χ3v) is 27.0. The van der Waals surface area contributed by atoms with E-state index in [2.05, 4.69) is 504 Å². The highest BCUT2D eigenvalue weighted by molar-refractivity contribution is 5.78. The molecular weight excluding hydrogens is 1510 g/mol. The third-order valence-electron chi connectivity index (χ3n) is 27.0. The zero-order chi connectivity index (χ0) is 86.9. The summed E-state index contributed by atoms with van der Waals surface area (Å²) in [6, 6.07) is 73.2. The number of hydrogen-bond acceptors (Lipinski definition) is 10. The molecule has 636 valence electrons. The quantitative estimate of drug-likeness (QED) is 0.0984. The van der Waals surface area contributed by atoms with E-state index in [1.54, 1.807) is 0 Å². The van der Waals surface area contributed by atoms with Crippen molar-refractivity contribution >= 4 is 34.1 Å². The molecule has 15 heteroatoms. The Bertz CT molecular complexity index is 5650. The van der Waals surface area contributed by atoms with Crippen LogP contribution >= 0.6 is 0 Å². The smallest absolute Gasteiger partial charge is 0.212 e. The standard InChI is InChI=1S/C25H28N3.C23H30N3.C22H28N3.C20H26N3.C18H22N3/c1-18-10-8-11-19(2)25(18)28-17-16-27(21(28)4)23-14-9-12-22(20(23)3)24-13-6-7-15-26(24)5;1-18-21(23-13-7-8-15-24(23)3)12-9-14-22(18)26-17-16-25(19(26)2)20-10-5-4-6-11-20;1-17-20(22-12-6-7-14-23(22)3)11-8-13-21(17)25-16-15-24(18(25)2)19-9-4-5-10-19;1-15(2)22-13-14-23(17(22)4)19-11-8-9-18(16(19)3)20-10-6-7-12-21(20)5;1-14-16(18-9-5-6-11-20(18)4)8-7-10-17(14)21-13-12-19(3)15(21)2/h6-17,21H,1-5H3;7-9,12-17,19-20H,4-6,10-11H2,1-3H3;6-8,11-16,18-19H,4-5,9-10H2,1-3H3;6-15,17H,1-5H3;5-13,15H,1-4H3/q5*+1/t21-;19-;18-;17-;15-/m10000/s1. The zero-order valence-electron chi connectivity index (χ0n) is 76.9. The molecule has 0 radical (unpaired) electrons. The first-order chi connectivity index (χ1) is 59.4. The van der Waals surface area contributed by atoms with Gasteiger partial charge >= 0.3 is 0 Å². The van der Waals surface area contributed by atoms with Gasteiger partial charge in [-0.2, -0.15) is 0 Å². The number of anilines is 6. The summed E-state index contributed by atoms with van der Waals surface area (Å²) in [4.78, 5) is 24.0. The molecule has 5 aromatic heterocycles. The summed E-state index contributed by atoms with van der Waals surface area (Å²) in [5.74, 6) is 0. The lowest BCUT2D eigenvalue weighted by molar-refractivity contribution is -0.660. The van der Waals surface area contributed by atoms with Crippen LogP contribution in [0.2, 0.25) is 0 Å². The molecule has 2 fully saturated rings. The Morgan fingerprint density at radius 2 is 0.537 bits per heavy atom. The van der Waals surface area contributed by atoms with Crippen molar-refractivity contribution in [3.05, 3.63) is 332 Å². The topological polar surface area (TPSA) is 51.8 Å². The van der Waals surface area contributed by atoms with Gasteiger partial charge in [0, 0.05) is 182 Å². The highest BCUT2D eigenvalue weighted by Crippen LogP contribution is 2.42. The van der Waals surface area contributed by atoms with Crippen LogP contribution in [0.5, 0.6) is 0 Å². The van der Waals surface area contributed by atoms with Gasteiger partial charge in [0.15, 0.2) is 31.0 Å². The van der Waals surface area contributed by atoms with Gasteiger partial charge < -0.3 is 49.0 Å². The van der Waals surface area contributed by atoms with Gasteiger partial charge in [-0.05, 0) is 253 Å². The zero-order valence-corrected chi connectivity index (χ0v) is 76.9. The largest absolute Gasteiger partial charge is 0.359 e. The molecule has 10 heterocycles. The van der Waals surface area contributed by atoms with Gasteiger partial charge in [-0.1, -0.05) is 80.6 Å². The summed E-state index contributed by atoms with van der Waals surface area (Å²) in [5, 5.41) is 0. The second-order valence-electron chi connectivity index (χ2n) is 34.9. The van der Waals surface area contributed by atoms with Crippen LogP contribution in [0.3, 0.4) is 0 Å². The Morgan fingerprint density at radius 3 is 0.837 bits per heavy atom. The first kappa shape index (κ1) is 87.1. The molecule has 11 aromatic rings. The lowest BCUT2D eigenvalue weighted by atomic mass is 9.94. The molecule has 0 saturated heterocycles. The van der Waals surface area contributed by atoms with Crippen LogP contribution in [0.15, 0.2) is 293 Å². The Balaban J connectivity index is 0.000000126. The van der Waals surface area contributed by atoms with Crippen LogP contribution < -0.4 is 52.2 Å². The number of aromatic nitrogens is 5. The summed E-state index contributed by atoms with van der Waals surface area (Å²) < 4.78 is 10.9. The molecule has 7 aliphatic rings. The third kappa shape index (κ3) is 18.5. The fourth-order valence-electron chi connectivity index (χ4n) is 19.6. The van der Waals surface area contributed by atoms with E-state index in [0.29, 0.717) is 42.8 Å². The van der Waals surface area contributed by atoms with Crippen molar-refractivity contribution in [1.29, 1.82) is 0 Å². The van der Waals surface area contributed by atoms with Gasteiger partial charge in [-0.25, -0.2) is 22.8 Å². The normalized spacial score (nSPS) is 18.5. The van der Waals surface area contributed by atoms with E-state index in [9.17, 15) is 0 Å². The maximum absolute atomic E-state index is 2.58. The van der Waals surface area contributed by atoms with Gasteiger partial charge in [0.2, 0.25) is 28.5 Å². The fourth-order valence-corrected chi connectivity index (χ4v) is 19.6. The van der Waals surface area contributed by atoms with Crippen LogP contribution in [0.1, 0.15) is 145 Å². The molecule has 0 spiro atoms. The molecule has 6 aromatic carbocycles. The van der Waals surface area contributed by atoms with E-state index in [1.165, 1.54) is 187 Å². The molecule has 123 heavy (non-hydrogen) atoms. The maximum atomic E-state index is 2.58. The molecule has 5 aliphatic heterocycles. The number of nitrogens with zero attached hydrogens (tertiary/aromatic N) is 15. The van der Waals surface area contributed by atoms with E-state index in [-0.39, 0.29) is 6.17 Å². The molecule has 0 bridgehead atoms. The minimum absolute atomic E-state index is 0.221. The molecule has 18 rings (SSSR count). The molecule has 15 nitrogen and oxygen atoms in total.